The summed E-state index contributed by atoms with van der Waals surface area (Å²) in [7, 11) is 2.09. The molecular weight excluding hydrogens is 242 g/mol. The summed E-state index contributed by atoms with van der Waals surface area (Å²) < 4.78 is 5.56. The van der Waals surface area contributed by atoms with E-state index < -0.39 is 0 Å². The number of oxazole rings is 1. The van der Waals surface area contributed by atoms with E-state index in [2.05, 4.69) is 28.3 Å². The van der Waals surface area contributed by atoms with Crippen molar-refractivity contribution >= 4 is 5.88 Å². The molecule has 1 saturated heterocycles. The molecule has 2 aliphatic rings. The molecule has 3 heterocycles. The minimum atomic E-state index is -0.385. The second-order valence-corrected chi connectivity index (χ2v) is 5.32. The highest BCUT2D eigenvalue weighted by Crippen LogP contribution is 2.47. The third-order valence-corrected chi connectivity index (χ3v) is 4.14. The molecule has 19 heavy (non-hydrogen) atoms. The van der Waals surface area contributed by atoms with Crippen molar-refractivity contribution in [1.82, 2.24) is 9.88 Å². The van der Waals surface area contributed by atoms with E-state index in [1.54, 1.807) is 0 Å². The van der Waals surface area contributed by atoms with Crippen molar-refractivity contribution in [3.63, 3.8) is 0 Å². The number of nitrogens with zero attached hydrogens (tertiary/aromatic N) is 3. The topological polar surface area (TPSA) is 91.1 Å². The molecule has 0 atom stereocenters. The zero-order chi connectivity index (χ0) is 13.6. The van der Waals surface area contributed by atoms with Crippen molar-refractivity contribution in [3.8, 4) is 6.07 Å². The summed E-state index contributed by atoms with van der Waals surface area (Å²) in [5.74, 6) is 1.59. The number of rotatable bonds is 0. The fourth-order valence-corrected chi connectivity index (χ4v) is 3.05. The Kier molecular flexibility index (Phi) is 2.54. The number of anilines is 1. The van der Waals surface area contributed by atoms with Crippen molar-refractivity contribution < 1.29 is 4.42 Å². The third-order valence-electron chi connectivity index (χ3n) is 4.14. The van der Waals surface area contributed by atoms with Crippen LogP contribution in [-0.4, -0.2) is 30.0 Å². The summed E-state index contributed by atoms with van der Waals surface area (Å²) in [6, 6.07) is 2.27. The lowest BCUT2D eigenvalue weighted by molar-refractivity contribution is 0.208. The normalized spacial score (nSPS) is 21.9. The molecule has 6 heteroatoms. The van der Waals surface area contributed by atoms with Gasteiger partial charge in [-0.15, -0.1) is 0 Å². The van der Waals surface area contributed by atoms with E-state index in [4.69, 9.17) is 10.2 Å². The highest BCUT2D eigenvalue weighted by atomic mass is 16.4. The van der Waals surface area contributed by atoms with Crippen LogP contribution in [0.5, 0.6) is 0 Å². The number of nitrogens with one attached hydrogen (secondary N) is 1. The standard InChI is InChI=1S/C13H17N5O/c1-8-16-10-12(19-8)17-11(15)9(7-14)13(10)3-5-18(2)6-4-13/h17H,3-6,15H2,1-2H3. The van der Waals surface area contributed by atoms with E-state index in [0.29, 0.717) is 23.2 Å². The van der Waals surface area contributed by atoms with E-state index in [-0.39, 0.29) is 5.41 Å². The number of allylic oxidation sites excluding steroid dienone is 1. The third kappa shape index (κ3) is 1.62. The van der Waals surface area contributed by atoms with Crippen molar-refractivity contribution in [1.29, 1.82) is 5.26 Å². The van der Waals surface area contributed by atoms with Crippen LogP contribution in [-0.2, 0) is 5.41 Å². The quantitative estimate of drug-likeness (QED) is 0.724. The van der Waals surface area contributed by atoms with Crippen LogP contribution in [0.2, 0.25) is 0 Å². The smallest absolute Gasteiger partial charge is 0.223 e. The van der Waals surface area contributed by atoms with E-state index in [9.17, 15) is 5.26 Å². The lowest BCUT2D eigenvalue weighted by Gasteiger charge is -2.41. The van der Waals surface area contributed by atoms with Crippen LogP contribution >= 0.6 is 0 Å². The first-order valence-corrected chi connectivity index (χ1v) is 6.40. The number of aromatic nitrogens is 1. The molecule has 0 radical (unpaired) electrons. The molecule has 1 spiro atoms. The van der Waals surface area contributed by atoms with Gasteiger partial charge in [-0.05, 0) is 33.0 Å². The average Bonchev–Trinajstić information content (AvgIpc) is 2.74. The van der Waals surface area contributed by atoms with Gasteiger partial charge >= 0.3 is 0 Å². The van der Waals surface area contributed by atoms with Gasteiger partial charge < -0.3 is 20.4 Å². The maximum atomic E-state index is 9.48. The minimum absolute atomic E-state index is 0.385. The Morgan fingerprint density at radius 2 is 2.16 bits per heavy atom. The first kappa shape index (κ1) is 12.1. The number of hydrogen-bond donors (Lipinski definition) is 2. The van der Waals surface area contributed by atoms with Crippen LogP contribution in [0.25, 0.3) is 0 Å². The summed E-state index contributed by atoms with van der Waals surface area (Å²) >= 11 is 0. The predicted octanol–water partition coefficient (Wildman–Crippen LogP) is 1.07. The van der Waals surface area contributed by atoms with Gasteiger partial charge in [-0.1, -0.05) is 0 Å². The molecule has 2 aliphatic heterocycles. The number of piperidine rings is 1. The lowest BCUT2D eigenvalue weighted by atomic mass is 9.69. The predicted molar refractivity (Wildman–Crippen MR) is 70.1 cm³/mol. The van der Waals surface area contributed by atoms with E-state index in [1.807, 2.05) is 6.92 Å². The van der Waals surface area contributed by atoms with Crippen LogP contribution in [0, 0.1) is 18.3 Å². The summed E-state index contributed by atoms with van der Waals surface area (Å²) in [4.78, 5) is 6.75. The molecule has 6 nitrogen and oxygen atoms in total. The molecule has 0 amide bonds. The number of hydrogen-bond acceptors (Lipinski definition) is 6. The molecule has 0 bridgehead atoms. The molecule has 100 valence electrons. The van der Waals surface area contributed by atoms with E-state index >= 15 is 0 Å². The summed E-state index contributed by atoms with van der Waals surface area (Å²) in [5.41, 5.74) is 7.05. The summed E-state index contributed by atoms with van der Waals surface area (Å²) in [6.07, 6.45) is 1.68. The van der Waals surface area contributed by atoms with E-state index in [0.717, 1.165) is 31.6 Å². The minimum Gasteiger partial charge on any atom is -0.425 e. The van der Waals surface area contributed by atoms with Crippen LogP contribution in [0.15, 0.2) is 15.8 Å². The molecule has 0 unspecified atom stereocenters. The fourth-order valence-electron chi connectivity index (χ4n) is 3.05. The average molecular weight is 259 g/mol. The monoisotopic (exact) mass is 259 g/mol. The van der Waals surface area contributed by atoms with Crippen LogP contribution in [0.4, 0.5) is 5.88 Å². The lowest BCUT2D eigenvalue weighted by Crippen LogP contribution is -2.45. The number of likely N-dealkylation sites (tertiary alicyclic amines) is 1. The molecule has 0 saturated carbocycles. The van der Waals surface area contributed by atoms with Gasteiger partial charge in [-0.25, -0.2) is 4.98 Å². The molecule has 1 aromatic rings. The van der Waals surface area contributed by atoms with Crippen molar-refractivity contribution in [3.05, 3.63) is 23.0 Å². The highest BCUT2D eigenvalue weighted by Gasteiger charge is 2.47. The van der Waals surface area contributed by atoms with Gasteiger partial charge in [0.25, 0.3) is 0 Å². The number of aryl methyl sites for hydroxylation is 1. The number of nitriles is 1. The van der Waals surface area contributed by atoms with Gasteiger partial charge in [0.2, 0.25) is 5.88 Å². The highest BCUT2D eigenvalue weighted by molar-refractivity contribution is 5.61. The zero-order valence-electron chi connectivity index (χ0n) is 11.2. The van der Waals surface area contributed by atoms with Crippen LogP contribution in [0.3, 0.4) is 0 Å². The number of nitrogens with two attached hydrogens (primary N) is 1. The Morgan fingerprint density at radius 3 is 2.79 bits per heavy atom. The Bertz CT molecular complexity index is 587. The van der Waals surface area contributed by atoms with Gasteiger partial charge in [0.1, 0.15) is 11.5 Å². The molecule has 3 rings (SSSR count). The van der Waals surface area contributed by atoms with Crippen molar-refractivity contribution in [2.45, 2.75) is 25.2 Å². The largest absolute Gasteiger partial charge is 0.425 e. The first-order valence-electron chi connectivity index (χ1n) is 6.40. The van der Waals surface area contributed by atoms with Gasteiger partial charge in [0.15, 0.2) is 5.89 Å². The van der Waals surface area contributed by atoms with Gasteiger partial charge in [0.05, 0.1) is 17.1 Å². The SMILES string of the molecule is Cc1nc2c(o1)NC(N)=C(C#N)C21CCN(C)CC1. The van der Waals surface area contributed by atoms with Crippen molar-refractivity contribution in [2.75, 3.05) is 25.5 Å². The molecule has 1 aromatic heterocycles. The maximum absolute atomic E-state index is 9.48. The number of fused-ring (bicyclic) bond motifs is 2. The fraction of sp³-hybridized carbons (Fsp3) is 0.538. The molecule has 0 aliphatic carbocycles. The Hall–Kier alpha value is -2.00. The molecule has 0 aromatic carbocycles. The Balaban J connectivity index is 2.16. The summed E-state index contributed by atoms with van der Waals surface area (Å²) in [6.45, 7) is 3.65. The molecule has 3 N–H and O–H groups in total. The van der Waals surface area contributed by atoms with Crippen LogP contribution < -0.4 is 11.1 Å². The van der Waals surface area contributed by atoms with Crippen LogP contribution in [0.1, 0.15) is 24.4 Å². The summed E-state index contributed by atoms with van der Waals surface area (Å²) in [5, 5.41) is 12.4. The Morgan fingerprint density at radius 1 is 1.47 bits per heavy atom. The van der Waals surface area contributed by atoms with Gasteiger partial charge in [-0.2, -0.15) is 5.26 Å². The Labute approximate surface area is 111 Å². The van der Waals surface area contributed by atoms with Crippen molar-refractivity contribution in [2.24, 2.45) is 5.73 Å². The van der Waals surface area contributed by atoms with Gasteiger partial charge in [0, 0.05) is 6.92 Å². The second kappa shape index (κ2) is 4.00. The maximum Gasteiger partial charge on any atom is 0.223 e. The van der Waals surface area contributed by atoms with Gasteiger partial charge in [-0.3, -0.25) is 0 Å². The van der Waals surface area contributed by atoms with E-state index in [1.165, 1.54) is 0 Å². The first-order chi connectivity index (χ1) is 9.06. The second-order valence-electron chi connectivity index (χ2n) is 5.32. The molecular formula is C13H17N5O. The molecule has 1 fully saturated rings. The zero-order valence-corrected chi connectivity index (χ0v) is 11.2.